The van der Waals surface area contributed by atoms with Gasteiger partial charge in [0, 0.05) is 6.42 Å². The molecule has 1 saturated heterocycles. The number of ether oxygens (including phenoxy) is 2. The molecule has 84 valence electrons. The summed E-state index contributed by atoms with van der Waals surface area (Å²) in [4.78, 5) is 23.0. The summed E-state index contributed by atoms with van der Waals surface area (Å²) in [6, 6.07) is 8.60. The molecule has 1 fully saturated rings. The van der Waals surface area contributed by atoms with Gasteiger partial charge in [-0.3, -0.25) is 4.79 Å². The van der Waals surface area contributed by atoms with E-state index in [-0.39, 0.29) is 12.4 Å². The van der Waals surface area contributed by atoms with Gasteiger partial charge in [0.05, 0.1) is 18.8 Å². The molecule has 0 radical (unpaired) electrons. The Morgan fingerprint density at radius 1 is 1.31 bits per heavy atom. The van der Waals surface area contributed by atoms with Crippen LogP contribution in [-0.2, 0) is 14.3 Å². The molecule has 2 rings (SSSR count). The predicted octanol–water partition coefficient (Wildman–Crippen LogP) is 1.20. The van der Waals surface area contributed by atoms with E-state index in [0.29, 0.717) is 18.6 Å². The van der Waals surface area contributed by atoms with Crippen LogP contribution in [-0.4, -0.2) is 31.1 Å². The van der Waals surface area contributed by atoms with E-state index in [4.69, 9.17) is 9.47 Å². The summed E-state index contributed by atoms with van der Waals surface area (Å²) in [5.41, 5.74) is 0.445. The van der Waals surface area contributed by atoms with Crippen LogP contribution in [0.3, 0.4) is 0 Å². The molecule has 1 aromatic carbocycles. The van der Waals surface area contributed by atoms with Gasteiger partial charge in [0.2, 0.25) is 0 Å². The molecule has 4 nitrogen and oxygen atoms in total. The van der Waals surface area contributed by atoms with Crippen LogP contribution in [0, 0.1) is 0 Å². The number of hydrogen-bond acceptors (Lipinski definition) is 4. The lowest BCUT2D eigenvalue weighted by molar-refractivity contribution is -0.137. The Bertz CT molecular complexity index is 385. The van der Waals surface area contributed by atoms with Crippen molar-refractivity contribution in [2.75, 3.05) is 13.2 Å². The molecule has 1 atom stereocenters. The van der Waals surface area contributed by atoms with Crippen LogP contribution in [0.1, 0.15) is 16.8 Å². The number of carbonyl (C=O) groups is 2. The maximum atomic E-state index is 11.6. The van der Waals surface area contributed by atoms with Crippen LogP contribution in [0.2, 0.25) is 0 Å². The highest BCUT2D eigenvalue weighted by Gasteiger charge is 2.26. The van der Waals surface area contributed by atoms with Crippen molar-refractivity contribution in [3.63, 3.8) is 0 Å². The zero-order valence-corrected chi connectivity index (χ0v) is 8.72. The first-order valence-corrected chi connectivity index (χ1v) is 5.14. The summed E-state index contributed by atoms with van der Waals surface area (Å²) in [7, 11) is 0. The fourth-order valence-corrected chi connectivity index (χ4v) is 1.49. The van der Waals surface area contributed by atoms with Crippen LogP contribution >= 0.6 is 0 Å². The van der Waals surface area contributed by atoms with Crippen LogP contribution in [0.25, 0.3) is 0 Å². The van der Waals surface area contributed by atoms with Crippen molar-refractivity contribution >= 4 is 11.8 Å². The lowest BCUT2D eigenvalue weighted by Crippen LogP contribution is -2.36. The summed E-state index contributed by atoms with van der Waals surface area (Å²) in [6.45, 7) is 0.579. The summed E-state index contributed by atoms with van der Waals surface area (Å²) >= 11 is 0. The molecular formula is C12H12O4. The molecular weight excluding hydrogens is 208 g/mol. The number of carbonyl (C=O) groups excluding carboxylic acids is 2. The summed E-state index contributed by atoms with van der Waals surface area (Å²) in [5, 5.41) is 0. The highest BCUT2D eigenvalue weighted by atomic mass is 16.6. The van der Waals surface area contributed by atoms with Crippen LogP contribution in [0.4, 0.5) is 0 Å². The van der Waals surface area contributed by atoms with Gasteiger partial charge in [-0.15, -0.1) is 0 Å². The van der Waals surface area contributed by atoms with Crippen molar-refractivity contribution in [3.05, 3.63) is 35.9 Å². The van der Waals surface area contributed by atoms with E-state index in [2.05, 4.69) is 0 Å². The number of hydrogen-bond donors (Lipinski definition) is 0. The topological polar surface area (TPSA) is 52.6 Å². The number of Topliss-reactive ketones (excluding diaryl/α,β-unsaturated/α-hetero) is 1. The van der Waals surface area contributed by atoms with Crippen LogP contribution in [0.5, 0.6) is 0 Å². The Labute approximate surface area is 93.2 Å². The molecule has 1 aliphatic rings. The number of benzene rings is 1. The SMILES string of the molecule is O=C(O[C@H]1COCCC1=O)c1ccccc1. The van der Waals surface area contributed by atoms with E-state index in [1.54, 1.807) is 24.3 Å². The fourth-order valence-electron chi connectivity index (χ4n) is 1.49. The third-order valence-corrected chi connectivity index (χ3v) is 2.38. The van der Waals surface area contributed by atoms with Crippen molar-refractivity contribution in [1.82, 2.24) is 0 Å². The second kappa shape index (κ2) is 4.90. The van der Waals surface area contributed by atoms with Crippen molar-refractivity contribution in [1.29, 1.82) is 0 Å². The van der Waals surface area contributed by atoms with Crippen molar-refractivity contribution in [2.45, 2.75) is 12.5 Å². The number of esters is 1. The van der Waals surface area contributed by atoms with Gasteiger partial charge in [0.15, 0.2) is 11.9 Å². The van der Waals surface area contributed by atoms with E-state index < -0.39 is 12.1 Å². The summed E-state index contributed by atoms with van der Waals surface area (Å²) in [5.74, 6) is -0.556. The summed E-state index contributed by atoms with van der Waals surface area (Å²) in [6.07, 6.45) is -0.436. The molecule has 1 aromatic rings. The third kappa shape index (κ3) is 2.46. The van der Waals surface area contributed by atoms with E-state index in [0.717, 1.165) is 0 Å². The quantitative estimate of drug-likeness (QED) is 0.703. The first-order valence-electron chi connectivity index (χ1n) is 5.14. The van der Waals surface area contributed by atoms with Gasteiger partial charge >= 0.3 is 5.97 Å². The molecule has 0 saturated carbocycles. The largest absolute Gasteiger partial charge is 0.448 e. The predicted molar refractivity (Wildman–Crippen MR) is 56.1 cm³/mol. The molecule has 0 aromatic heterocycles. The molecule has 0 unspecified atom stereocenters. The minimum Gasteiger partial charge on any atom is -0.448 e. The first kappa shape index (κ1) is 10.8. The Morgan fingerprint density at radius 2 is 2.06 bits per heavy atom. The average Bonchev–Trinajstić information content (AvgIpc) is 2.33. The molecule has 16 heavy (non-hydrogen) atoms. The van der Waals surface area contributed by atoms with Gasteiger partial charge in [0.1, 0.15) is 0 Å². The molecule has 1 heterocycles. The highest BCUT2D eigenvalue weighted by molar-refractivity contribution is 5.93. The monoisotopic (exact) mass is 220 g/mol. The van der Waals surface area contributed by atoms with E-state index >= 15 is 0 Å². The Hall–Kier alpha value is -1.68. The van der Waals surface area contributed by atoms with Gasteiger partial charge < -0.3 is 9.47 Å². The third-order valence-electron chi connectivity index (χ3n) is 2.38. The van der Waals surface area contributed by atoms with Gasteiger partial charge in [0.25, 0.3) is 0 Å². The zero-order valence-electron chi connectivity index (χ0n) is 8.72. The van der Waals surface area contributed by atoms with Gasteiger partial charge in [-0.25, -0.2) is 4.79 Å². The minimum absolute atomic E-state index is 0.0736. The Balaban J connectivity index is 1.99. The molecule has 0 aliphatic carbocycles. The lowest BCUT2D eigenvalue weighted by Gasteiger charge is -2.20. The lowest BCUT2D eigenvalue weighted by atomic mass is 10.1. The molecule has 0 N–H and O–H groups in total. The van der Waals surface area contributed by atoms with Gasteiger partial charge in [-0.2, -0.15) is 0 Å². The van der Waals surface area contributed by atoms with E-state index in [1.807, 2.05) is 6.07 Å². The second-order valence-corrected chi connectivity index (χ2v) is 3.55. The standard InChI is InChI=1S/C12H12O4/c13-10-6-7-15-8-11(10)16-12(14)9-4-2-1-3-5-9/h1-5,11H,6-8H2/t11-/m0/s1. The van der Waals surface area contributed by atoms with Gasteiger partial charge in [-0.1, -0.05) is 18.2 Å². The maximum Gasteiger partial charge on any atom is 0.338 e. The number of rotatable bonds is 2. The molecule has 1 aliphatic heterocycles. The first-order chi connectivity index (χ1) is 7.77. The van der Waals surface area contributed by atoms with Crippen molar-refractivity contribution in [2.24, 2.45) is 0 Å². The fraction of sp³-hybridized carbons (Fsp3) is 0.333. The molecule has 4 heteroatoms. The van der Waals surface area contributed by atoms with Crippen LogP contribution < -0.4 is 0 Å². The van der Waals surface area contributed by atoms with E-state index in [9.17, 15) is 9.59 Å². The average molecular weight is 220 g/mol. The van der Waals surface area contributed by atoms with Gasteiger partial charge in [-0.05, 0) is 12.1 Å². The molecule has 0 bridgehead atoms. The zero-order chi connectivity index (χ0) is 11.4. The Kier molecular flexibility index (Phi) is 3.31. The van der Waals surface area contributed by atoms with Crippen molar-refractivity contribution in [3.8, 4) is 0 Å². The Morgan fingerprint density at radius 3 is 2.75 bits per heavy atom. The summed E-state index contributed by atoms with van der Waals surface area (Å²) < 4.78 is 10.2. The molecule has 0 amide bonds. The number of ketones is 1. The second-order valence-electron chi connectivity index (χ2n) is 3.55. The van der Waals surface area contributed by atoms with Crippen LogP contribution in [0.15, 0.2) is 30.3 Å². The molecule has 0 spiro atoms. The van der Waals surface area contributed by atoms with E-state index in [1.165, 1.54) is 0 Å². The maximum absolute atomic E-state index is 11.6. The normalized spacial score (nSPS) is 20.5. The van der Waals surface area contributed by atoms with Crippen molar-refractivity contribution < 1.29 is 19.1 Å². The highest BCUT2D eigenvalue weighted by Crippen LogP contribution is 2.09. The minimum atomic E-state index is -0.749. The smallest absolute Gasteiger partial charge is 0.338 e.